The van der Waals surface area contributed by atoms with E-state index in [1.165, 1.54) is 30.4 Å². The number of phenols is 2. The maximum atomic E-state index is 12.6. The van der Waals surface area contributed by atoms with Crippen LogP contribution in [0.4, 0.5) is 0 Å². The molecular formula is C42H32N2O5+2. The Kier molecular flexibility index (Phi) is 8.63. The topological polar surface area (TPSA) is 95.5 Å². The van der Waals surface area contributed by atoms with Crippen molar-refractivity contribution >= 4 is 11.9 Å². The van der Waals surface area contributed by atoms with Gasteiger partial charge in [0.1, 0.15) is 23.0 Å². The maximum absolute atomic E-state index is 12.6. The Hall–Kier alpha value is -6.60. The van der Waals surface area contributed by atoms with Gasteiger partial charge in [0, 0.05) is 69.8 Å². The summed E-state index contributed by atoms with van der Waals surface area (Å²) in [6, 6.07) is 37.1. The largest absolute Gasteiger partial charge is 0.508 e. The number of benzene rings is 4. The monoisotopic (exact) mass is 644 g/mol. The lowest BCUT2D eigenvalue weighted by Gasteiger charge is -2.08. The third kappa shape index (κ3) is 7.37. The number of allylic oxidation sites excluding steroid dienone is 1. The zero-order valence-electron chi connectivity index (χ0n) is 26.4. The van der Waals surface area contributed by atoms with Crippen molar-refractivity contribution in [3.05, 3.63) is 185 Å². The van der Waals surface area contributed by atoms with Crippen LogP contribution in [0.25, 0.3) is 39.9 Å². The number of pyridine rings is 2. The lowest BCUT2D eigenvalue weighted by molar-refractivity contribution is -0.688. The van der Waals surface area contributed by atoms with Crippen molar-refractivity contribution in [1.82, 2.24) is 0 Å². The van der Waals surface area contributed by atoms with Gasteiger partial charge < -0.3 is 14.6 Å². The SMILES string of the molecule is O=C(C=Cc1ccc(O)cc1O)c1ccc(C[n+]2ccc(-c3cc[n+](Cc4ccc(-c5ccc6ccc(=O)cc-6o5)cc4)cc3)cc2)cc1. The molecule has 0 spiro atoms. The van der Waals surface area contributed by atoms with Crippen LogP contribution in [0.3, 0.4) is 0 Å². The average Bonchev–Trinajstić information content (AvgIpc) is 3.12. The summed E-state index contributed by atoms with van der Waals surface area (Å²) in [5, 5.41) is 19.4. The molecule has 7 rings (SSSR count). The molecule has 3 aromatic carbocycles. The minimum absolute atomic E-state index is 0.0360. The number of carbonyl (C=O) groups excluding carboxylic acids is 1. The fraction of sp³-hybridized carbons (Fsp3) is 0.0476. The van der Waals surface area contributed by atoms with Crippen LogP contribution in [0, 0.1) is 0 Å². The number of rotatable bonds is 9. The Morgan fingerprint density at radius 1 is 0.592 bits per heavy atom. The van der Waals surface area contributed by atoms with Crippen LogP contribution in [0.15, 0.2) is 161 Å². The van der Waals surface area contributed by atoms with E-state index in [-0.39, 0.29) is 22.7 Å². The summed E-state index contributed by atoms with van der Waals surface area (Å²) in [7, 11) is 0. The van der Waals surface area contributed by atoms with Gasteiger partial charge in [-0.3, -0.25) is 9.59 Å². The van der Waals surface area contributed by atoms with Gasteiger partial charge in [0.15, 0.2) is 49.1 Å². The molecule has 0 unspecified atom stereocenters. The van der Waals surface area contributed by atoms with E-state index in [2.05, 4.69) is 57.9 Å². The van der Waals surface area contributed by atoms with E-state index in [4.69, 9.17) is 4.42 Å². The van der Waals surface area contributed by atoms with Crippen LogP contribution in [0.1, 0.15) is 27.0 Å². The van der Waals surface area contributed by atoms with Crippen molar-refractivity contribution in [2.24, 2.45) is 0 Å². The molecule has 2 aromatic heterocycles. The van der Waals surface area contributed by atoms with Gasteiger partial charge in [-0.05, 0) is 59.7 Å². The molecule has 0 radical (unpaired) electrons. The predicted octanol–water partition coefficient (Wildman–Crippen LogP) is 7.06. The Morgan fingerprint density at radius 2 is 1.14 bits per heavy atom. The lowest BCUT2D eigenvalue weighted by Crippen LogP contribution is -2.33. The van der Waals surface area contributed by atoms with Gasteiger partial charge in [0.25, 0.3) is 0 Å². The predicted molar refractivity (Wildman–Crippen MR) is 187 cm³/mol. The molecule has 0 fully saturated rings. The Labute approximate surface area is 282 Å². The molecule has 1 aliphatic carbocycles. The highest BCUT2D eigenvalue weighted by molar-refractivity contribution is 6.07. The van der Waals surface area contributed by atoms with E-state index >= 15 is 0 Å². The van der Waals surface area contributed by atoms with Gasteiger partial charge in [-0.1, -0.05) is 48.5 Å². The summed E-state index contributed by atoms with van der Waals surface area (Å²) in [6.45, 7) is 1.39. The van der Waals surface area contributed by atoms with Crippen LogP contribution in [0.5, 0.6) is 11.5 Å². The number of hydrogen-bond donors (Lipinski definition) is 2. The molecule has 7 heteroatoms. The molecular weight excluding hydrogens is 612 g/mol. The second-order valence-electron chi connectivity index (χ2n) is 11.9. The van der Waals surface area contributed by atoms with Gasteiger partial charge in [0.05, 0.1) is 0 Å². The van der Waals surface area contributed by atoms with Crippen molar-refractivity contribution in [2.75, 3.05) is 0 Å². The fourth-order valence-electron chi connectivity index (χ4n) is 5.63. The molecule has 0 atom stereocenters. The summed E-state index contributed by atoms with van der Waals surface area (Å²) < 4.78 is 10.2. The van der Waals surface area contributed by atoms with E-state index in [0.29, 0.717) is 23.4 Å². The van der Waals surface area contributed by atoms with Gasteiger partial charge in [-0.15, -0.1) is 0 Å². The van der Waals surface area contributed by atoms with Crippen molar-refractivity contribution in [2.45, 2.75) is 13.1 Å². The van der Waals surface area contributed by atoms with E-state index in [9.17, 15) is 19.8 Å². The summed E-state index contributed by atoms with van der Waals surface area (Å²) in [6.07, 6.45) is 11.2. The second-order valence-corrected chi connectivity index (χ2v) is 11.9. The van der Waals surface area contributed by atoms with Crippen molar-refractivity contribution in [3.8, 4) is 45.3 Å². The number of nitrogens with zero attached hydrogens (tertiary/aromatic N) is 2. The average molecular weight is 645 g/mol. The van der Waals surface area contributed by atoms with Gasteiger partial charge in [-0.2, -0.15) is 0 Å². The second kappa shape index (κ2) is 13.6. The van der Waals surface area contributed by atoms with Crippen molar-refractivity contribution in [1.29, 1.82) is 0 Å². The first kappa shape index (κ1) is 31.0. The molecule has 1 aliphatic heterocycles. The molecule has 0 bridgehead atoms. The Morgan fingerprint density at radius 3 is 1.76 bits per heavy atom. The number of fused-ring (bicyclic) bond motifs is 1. The smallest absolute Gasteiger partial charge is 0.185 e. The van der Waals surface area contributed by atoms with Crippen LogP contribution in [-0.2, 0) is 13.1 Å². The highest BCUT2D eigenvalue weighted by Gasteiger charge is 2.11. The fourth-order valence-corrected chi connectivity index (χ4v) is 5.63. The molecule has 2 aliphatic rings. The summed E-state index contributed by atoms with van der Waals surface area (Å²) >= 11 is 0. The first-order valence-corrected chi connectivity index (χ1v) is 15.8. The minimum atomic E-state index is -0.173. The quantitative estimate of drug-likeness (QED) is 0.0997. The number of aromatic nitrogens is 2. The van der Waals surface area contributed by atoms with Crippen LogP contribution < -0.4 is 14.6 Å². The molecule has 0 saturated carbocycles. The number of aromatic hydroxyl groups is 2. The Bertz CT molecular complexity index is 2310. The van der Waals surface area contributed by atoms with E-state index in [1.807, 2.05) is 48.8 Å². The number of hydrogen-bond acceptors (Lipinski definition) is 5. The first-order chi connectivity index (χ1) is 23.9. The molecule has 7 nitrogen and oxygen atoms in total. The summed E-state index contributed by atoms with van der Waals surface area (Å²) in [4.78, 5) is 24.3. The van der Waals surface area contributed by atoms with Crippen LogP contribution in [0.2, 0.25) is 0 Å². The van der Waals surface area contributed by atoms with Crippen LogP contribution in [-0.4, -0.2) is 16.0 Å². The molecule has 238 valence electrons. The van der Waals surface area contributed by atoms with E-state index in [1.54, 1.807) is 30.3 Å². The number of phenolic OH excluding ortho intramolecular Hbond substituents is 2. The Balaban J connectivity index is 0.944. The molecule has 2 N–H and O–H groups in total. The number of carbonyl (C=O) groups is 1. The van der Waals surface area contributed by atoms with E-state index in [0.717, 1.165) is 45.7 Å². The normalized spacial score (nSPS) is 11.3. The van der Waals surface area contributed by atoms with E-state index < -0.39 is 0 Å². The number of ketones is 1. The third-order valence-corrected chi connectivity index (χ3v) is 8.37. The molecule has 0 saturated heterocycles. The zero-order chi connectivity index (χ0) is 33.7. The third-order valence-electron chi connectivity index (χ3n) is 8.37. The van der Waals surface area contributed by atoms with Gasteiger partial charge in [-0.25, -0.2) is 9.13 Å². The van der Waals surface area contributed by atoms with Crippen molar-refractivity contribution < 1.29 is 28.6 Å². The first-order valence-electron chi connectivity index (χ1n) is 15.8. The summed E-state index contributed by atoms with van der Waals surface area (Å²) in [5.41, 5.74) is 7.24. The highest BCUT2D eigenvalue weighted by Crippen LogP contribution is 2.28. The zero-order valence-corrected chi connectivity index (χ0v) is 26.4. The maximum Gasteiger partial charge on any atom is 0.185 e. The molecule has 0 amide bonds. The molecule has 5 aromatic rings. The summed E-state index contributed by atoms with van der Waals surface area (Å²) in [5.74, 6) is 1.00. The van der Waals surface area contributed by atoms with Crippen molar-refractivity contribution in [3.63, 3.8) is 0 Å². The van der Waals surface area contributed by atoms with Crippen LogP contribution >= 0.6 is 0 Å². The van der Waals surface area contributed by atoms with Gasteiger partial charge in [0.2, 0.25) is 0 Å². The highest BCUT2D eigenvalue weighted by atomic mass is 16.3. The van der Waals surface area contributed by atoms with Gasteiger partial charge >= 0.3 is 0 Å². The standard InChI is InChI=1S/C42H30N2O5/c45-37-13-9-34(40(48)25-37)11-15-39(47)33-5-1-29(2-6-33)27-43-21-17-31(18-22-43)32-19-23-44(24-20-32)28-30-3-7-35(8-4-30)41-16-12-36-10-14-38(46)26-42(36)49-41/h1-26H,27-28H2/p+2. The molecule has 3 heterocycles. The lowest BCUT2D eigenvalue weighted by atomic mass is 10.1. The molecule has 49 heavy (non-hydrogen) atoms. The minimum Gasteiger partial charge on any atom is -0.508 e.